The maximum Gasteiger partial charge on any atom is 0.0948 e. The number of aliphatic hydroxyl groups excluding tert-OH is 1. The fourth-order valence-corrected chi connectivity index (χ4v) is 1.02. The van der Waals surface area contributed by atoms with Gasteiger partial charge in [-0.15, -0.1) is 0 Å². The number of rotatable bonds is 1. The van der Waals surface area contributed by atoms with E-state index < -0.39 is 0 Å². The summed E-state index contributed by atoms with van der Waals surface area (Å²) in [5.74, 6) is 0.932. The molecule has 0 aromatic carbocycles. The van der Waals surface area contributed by atoms with Crippen molar-refractivity contribution < 1.29 is 5.11 Å². The van der Waals surface area contributed by atoms with E-state index in [9.17, 15) is 0 Å². The van der Waals surface area contributed by atoms with E-state index in [4.69, 9.17) is 5.11 Å². The van der Waals surface area contributed by atoms with E-state index in [1.54, 1.807) is 0 Å². The van der Waals surface area contributed by atoms with Crippen LogP contribution in [0, 0.1) is 0 Å². The first-order valence-corrected chi connectivity index (χ1v) is 3.16. The van der Waals surface area contributed by atoms with Crippen molar-refractivity contribution >= 4 is 5.84 Å². The standard InChI is InChI=1S/C6H12N2O/c1-4-6(3-9)8-5(2)7-4/h4,6,9H,3H2,1-2H3,(H,7,8)/t4-,6+/m0/s1. The highest BCUT2D eigenvalue weighted by molar-refractivity contribution is 5.81. The summed E-state index contributed by atoms with van der Waals surface area (Å²) < 4.78 is 0. The van der Waals surface area contributed by atoms with Crippen LogP contribution in [0.25, 0.3) is 0 Å². The van der Waals surface area contributed by atoms with Crippen LogP contribution >= 0.6 is 0 Å². The molecular weight excluding hydrogens is 116 g/mol. The Kier molecular flexibility index (Phi) is 1.71. The Morgan fingerprint density at radius 3 is 2.67 bits per heavy atom. The summed E-state index contributed by atoms with van der Waals surface area (Å²) in [5, 5.41) is 11.8. The van der Waals surface area contributed by atoms with Gasteiger partial charge in [0, 0.05) is 6.04 Å². The van der Waals surface area contributed by atoms with Gasteiger partial charge in [0.1, 0.15) is 0 Å². The summed E-state index contributed by atoms with van der Waals surface area (Å²) in [6.07, 6.45) is 0. The maximum absolute atomic E-state index is 8.71. The lowest BCUT2D eigenvalue weighted by atomic mass is 10.2. The van der Waals surface area contributed by atoms with Crippen molar-refractivity contribution in [3.8, 4) is 0 Å². The van der Waals surface area contributed by atoms with E-state index in [0.29, 0.717) is 6.04 Å². The molecule has 3 nitrogen and oxygen atoms in total. The molecule has 1 heterocycles. The molecule has 2 atom stereocenters. The van der Waals surface area contributed by atoms with Crippen molar-refractivity contribution in [2.75, 3.05) is 6.61 Å². The van der Waals surface area contributed by atoms with E-state index in [1.807, 2.05) is 13.8 Å². The summed E-state index contributed by atoms with van der Waals surface area (Å²) in [4.78, 5) is 4.14. The lowest BCUT2D eigenvalue weighted by molar-refractivity contribution is 0.256. The summed E-state index contributed by atoms with van der Waals surface area (Å²) in [6, 6.07) is 0.375. The quantitative estimate of drug-likeness (QED) is 0.512. The minimum absolute atomic E-state index is 0.0741. The second-order valence-corrected chi connectivity index (χ2v) is 2.40. The van der Waals surface area contributed by atoms with Crippen LogP contribution < -0.4 is 5.32 Å². The average molecular weight is 128 g/mol. The maximum atomic E-state index is 8.71. The van der Waals surface area contributed by atoms with Gasteiger partial charge in [-0.1, -0.05) is 0 Å². The molecule has 0 saturated carbocycles. The van der Waals surface area contributed by atoms with Crippen LogP contribution in [0.15, 0.2) is 4.99 Å². The van der Waals surface area contributed by atoms with E-state index in [2.05, 4.69) is 10.3 Å². The lowest BCUT2D eigenvalue weighted by Crippen LogP contribution is -2.32. The zero-order chi connectivity index (χ0) is 6.85. The minimum atomic E-state index is 0.0741. The molecule has 3 heteroatoms. The zero-order valence-corrected chi connectivity index (χ0v) is 5.76. The first kappa shape index (κ1) is 6.55. The van der Waals surface area contributed by atoms with Crippen molar-refractivity contribution in [2.24, 2.45) is 4.99 Å². The van der Waals surface area contributed by atoms with Gasteiger partial charge in [-0.2, -0.15) is 0 Å². The fourth-order valence-electron chi connectivity index (χ4n) is 1.02. The second kappa shape index (κ2) is 2.35. The lowest BCUT2D eigenvalue weighted by Gasteiger charge is -2.08. The Morgan fingerprint density at radius 2 is 2.44 bits per heavy atom. The van der Waals surface area contributed by atoms with E-state index in [-0.39, 0.29) is 12.6 Å². The van der Waals surface area contributed by atoms with Crippen LogP contribution in [0.2, 0.25) is 0 Å². The normalized spacial score (nSPS) is 33.9. The molecule has 0 unspecified atom stereocenters. The largest absolute Gasteiger partial charge is 0.394 e. The molecule has 1 rings (SSSR count). The van der Waals surface area contributed by atoms with Gasteiger partial charge in [-0.3, -0.25) is 4.99 Å². The highest BCUT2D eigenvalue weighted by atomic mass is 16.3. The Morgan fingerprint density at radius 1 is 1.78 bits per heavy atom. The predicted octanol–water partition coefficient (Wildman–Crippen LogP) is -0.243. The number of hydrogen-bond donors (Lipinski definition) is 2. The molecule has 2 N–H and O–H groups in total. The molecule has 0 aromatic heterocycles. The van der Waals surface area contributed by atoms with E-state index >= 15 is 0 Å². The molecule has 0 aliphatic carbocycles. The Balaban J connectivity index is 2.53. The first-order valence-electron chi connectivity index (χ1n) is 3.16. The van der Waals surface area contributed by atoms with Crippen LogP contribution in [-0.2, 0) is 0 Å². The number of hydrogen-bond acceptors (Lipinski definition) is 3. The minimum Gasteiger partial charge on any atom is -0.394 e. The van der Waals surface area contributed by atoms with E-state index in [0.717, 1.165) is 5.84 Å². The molecule has 9 heavy (non-hydrogen) atoms. The number of aliphatic imine (C=N–C) groups is 1. The number of aliphatic hydroxyl groups is 1. The van der Waals surface area contributed by atoms with Gasteiger partial charge in [0.15, 0.2) is 0 Å². The smallest absolute Gasteiger partial charge is 0.0948 e. The molecular formula is C6H12N2O. The topological polar surface area (TPSA) is 44.6 Å². The van der Waals surface area contributed by atoms with Gasteiger partial charge in [-0.25, -0.2) is 0 Å². The number of nitrogens with zero attached hydrogens (tertiary/aromatic N) is 1. The molecule has 1 aliphatic heterocycles. The highest BCUT2D eigenvalue weighted by Gasteiger charge is 2.20. The number of amidine groups is 1. The summed E-state index contributed by atoms with van der Waals surface area (Å²) in [6.45, 7) is 4.07. The molecule has 0 bridgehead atoms. The summed E-state index contributed by atoms with van der Waals surface area (Å²) >= 11 is 0. The SMILES string of the molecule is CC1=N[C@H](CO)[C@H](C)N1. The molecule has 0 saturated heterocycles. The monoisotopic (exact) mass is 128 g/mol. The van der Waals surface area contributed by atoms with Crippen LogP contribution in [0.4, 0.5) is 0 Å². The average Bonchev–Trinajstić information content (AvgIpc) is 2.10. The highest BCUT2D eigenvalue weighted by Crippen LogP contribution is 2.04. The third-order valence-corrected chi connectivity index (χ3v) is 1.56. The van der Waals surface area contributed by atoms with Crippen LogP contribution in [0.1, 0.15) is 13.8 Å². The fraction of sp³-hybridized carbons (Fsp3) is 0.833. The van der Waals surface area contributed by atoms with E-state index in [1.165, 1.54) is 0 Å². The molecule has 1 aliphatic rings. The van der Waals surface area contributed by atoms with Gasteiger partial charge in [0.05, 0.1) is 18.5 Å². The van der Waals surface area contributed by atoms with Gasteiger partial charge >= 0.3 is 0 Å². The number of nitrogens with one attached hydrogen (secondary N) is 1. The zero-order valence-electron chi connectivity index (χ0n) is 5.76. The van der Waals surface area contributed by atoms with Gasteiger partial charge in [0.25, 0.3) is 0 Å². The summed E-state index contributed by atoms with van der Waals surface area (Å²) in [7, 11) is 0. The molecule has 0 fully saturated rings. The molecule has 0 aromatic rings. The van der Waals surface area contributed by atoms with Crippen molar-refractivity contribution in [3.63, 3.8) is 0 Å². The van der Waals surface area contributed by atoms with Crippen molar-refractivity contribution in [2.45, 2.75) is 25.9 Å². The van der Waals surface area contributed by atoms with Crippen LogP contribution in [0.5, 0.6) is 0 Å². The molecule has 0 spiro atoms. The van der Waals surface area contributed by atoms with Crippen LogP contribution in [0.3, 0.4) is 0 Å². The predicted molar refractivity (Wildman–Crippen MR) is 36.6 cm³/mol. The van der Waals surface area contributed by atoms with Gasteiger partial charge in [-0.05, 0) is 13.8 Å². The van der Waals surface area contributed by atoms with Crippen LogP contribution in [-0.4, -0.2) is 29.6 Å². The summed E-state index contributed by atoms with van der Waals surface area (Å²) in [5.41, 5.74) is 0. The third kappa shape index (κ3) is 1.21. The Labute approximate surface area is 54.8 Å². The van der Waals surface area contributed by atoms with Crippen molar-refractivity contribution in [1.82, 2.24) is 5.32 Å². The Bertz CT molecular complexity index is 133. The first-order chi connectivity index (χ1) is 4.24. The molecule has 0 radical (unpaired) electrons. The van der Waals surface area contributed by atoms with Gasteiger partial charge in [0.2, 0.25) is 0 Å². The molecule has 0 amide bonds. The van der Waals surface area contributed by atoms with Crippen molar-refractivity contribution in [1.29, 1.82) is 0 Å². The second-order valence-electron chi connectivity index (χ2n) is 2.40. The van der Waals surface area contributed by atoms with Gasteiger partial charge < -0.3 is 10.4 Å². The Hall–Kier alpha value is -0.570. The van der Waals surface area contributed by atoms with Crippen molar-refractivity contribution in [3.05, 3.63) is 0 Å². The molecule has 52 valence electrons. The third-order valence-electron chi connectivity index (χ3n) is 1.56.